The van der Waals surface area contributed by atoms with E-state index in [0.29, 0.717) is 19.6 Å². The Morgan fingerprint density at radius 3 is 1.08 bits per heavy atom. The van der Waals surface area contributed by atoms with E-state index in [9.17, 15) is 19.5 Å². The number of amides is 3. The topological polar surface area (TPSA) is 285 Å². The van der Waals surface area contributed by atoms with Crippen LogP contribution in [-0.4, -0.2) is 167 Å². The molecule has 0 aliphatic rings. The maximum atomic E-state index is 12.3. The van der Waals surface area contributed by atoms with E-state index in [0.717, 1.165) is 175 Å². The summed E-state index contributed by atoms with van der Waals surface area (Å²) in [6.07, 6.45) is 17.0. The van der Waals surface area contributed by atoms with Crippen molar-refractivity contribution in [2.24, 2.45) is 29.0 Å². The molecule has 0 heterocycles. The van der Waals surface area contributed by atoms with Crippen LogP contribution in [-0.2, 0) is 14.2 Å². The molecule has 0 saturated carbocycles. The van der Waals surface area contributed by atoms with Crippen molar-refractivity contribution in [1.82, 2.24) is 47.9 Å². The Hall–Kier alpha value is -3.11. The summed E-state index contributed by atoms with van der Waals surface area (Å²) in [5.41, 5.74) is 16.4. The zero-order chi connectivity index (χ0) is 49.0. The van der Waals surface area contributed by atoms with E-state index < -0.39 is 30.5 Å². The van der Waals surface area contributed by atoms with E-state index in [4.69, 9.17) is 31.4 Å². The summed E-state index contributed by atoms with van der Waals surface area (Å²) >= 11 is 0. The van der Waals surface area contributed by atoms with Crippen molar-refractivity contribution in [2.75, 3.05) is 131 Å². The molecular formula is C47H100N12O7. The average molecular weight is 945 g/mol. The number of aliphatic hydroxyl groups is 1. The highest BCUT2D eigenvalue weighted by atomic mass is 16.6. The summed E-state index contributed by atoms with van der Waals surface area (Å²) in [5, 5.41) is 38.2. The number of alkyl carbamates (subject to hydrolysis) is 3. The molecule has 0 spiro atoms. The lowest BCUT2D eigenvalue weighted by molar-refractivity contribution is 0.0608. The molecule has 0 radical (unpaired) electrons. The third-order valence-electron chi connectivity index (χ3n) is 10.1. The molecule has 0 fully saturated rings. The molecule has 3 amide bonds. The van der Waals surface area contributed by atoms with Crippen molar-refractivity contribution in [1.29, 1.82) is 0 Å². The first-order valence-electron chi connectivity index (χ1n) is 25.2. The second-order valence-corrected chi connectivity index (χ2v) is 16.5. The fourth-order valence-electron chi connectivity index (χ4n) is 5.94. The number of hydrogen-bond donors (Lipinski definition) is 13. The van der Waals surface area contributed by atoms with Crippen LogP contribution >= 0.6 is 0 Å². The van der Waals surface area contributed by atoms with Crippen LogP contribution in [0.4, 0.5) is 14.4 Å². The van der Waals surface area contributed by atoms with Gasteiger partial charge in [0.25, 0.3) is 0 Å². The number of carbonyl (C=O) groups is 3. The molecule has 19 nitrogen and oxygen atoms in total. The van der Waals surface area contributed by atoms with Crippen molar-refractivity contribution < 1.29 is 33.7 Å². The average Bonchev–Trinajstić information content (AvgIpc) is 3.31. The standard InChI is InChI=1S/C29H62N8O4.C18H38N4O3/c1-3-12-27(41-29(39)37-24-11-22-35-18-7-5-16-33-20-9-14-31)26(2)25-40-28(38)36-23-10-21-34-17-6-4-15-32-19-8-13-30;1-3-8-17(23)16(2)15-25-18(24)22-14-7-13-21-11-5-4-10-20-12-6-9-19/h3,12,26-27,32-35H,4-11,13-25,30-31H2,1-2H3,(H,36,38)(H,37,39);3,8,16-17,20-21,23H,4-7,9-15,19H2,1-2H3,(H,22,24)/b12-3+;8-3+/t26-,27+;16-,17+/m00/s1. The van der Waals surface area contributed by atoms with Crippen LogP contribution < -0.4 is 65.1 Å². The Bertz CT molecular complexity index is 1130. The number of allylic oxidation sites excluding steroid dienone is 2. The molecule has 0 rings (SSSR count). The van der Waals surface area contributed by atoms with E-state index in [2.05, 4.69) is 47.9 Å². The summed E-state index contributed by atoms with van der Waals surface area (Å²) < 4.78 is 16.0. The Morgan fingerprint density at radius 1 is 0.439 bits per heavy atom. The van der Waals surface area contributed by atoms with Gasteiger partial charge in [0.1, 0.15) is 6.10 Å². The van der Waals surface area contributed by atoms with Gasteiger partial charge in [-0.3, -0.25) is 0 Å². The minimum Gasteiger partial charge on any atom is -0.449 e. The lowest BCUT2D eigenvalue weighted by atomic mass is 10.1. The predicted molar refractivity (Wildman–Crippen MR) is 271 cm³/mol. The Morgan fingerprint density at radius 2 is 0.742 bits per heavy atom. The van der Waals surface area contributed by atoms with Crippen LogP contribution in [0.5, 0.6) is 0 Å². The van der Waals surface area contributed by atoms with Gasteiger partial charge in [-0.25, -0.2) is 14.4 Å². The second-order valence-electron chi connectivity index (χ2n) is 16.5. The van der Waals surface area contributed by atoms with Gasteiger partial charge in [-0.05, 0) is 195 Å². The lowest BCUT2D eigenvalue weighted by Crippen LogP contribution is -2.35. The van der Waals surface area contributed by atoms with Gasteiger partial charge in [0, 0.05) is 31.5 Å². The molecule has 66 heavy (non-hydrogen) atoms. The normalized spacial score (nSPS) is 13.2. The van der Waals surface area contributed by atoms with Gasteiger partial charge >= 0.3 is 18.3 Å². The first-order chi connectivity index (χ1) is 32.2. The monoisotopic (exact) mass is 945 g/mol. The van der Waals surface area contributed by atoms with Gasteiger partial charge in [0.15, 0.2) is 0 Å². The molecule has 19 heteroatoms. The largest absolute Gasteiger partial charge is 0.449 e. The molecule has 390 valence electrons. The van der Waals surface area contributed by atoms with Gasteiger partial charge < -0.3 is 84.4 Å². The van der Waals surface area contributed by atoms with E-state index in [1.807, 2.05) is 33.8 Å². The van der Waals surface area contributed by atoms with Crippen LogP contribution in [0, 0.1) is 11.8 Å². The molecule has 0 bridgehead atoms. The highest BCUT2D eigenvalue weighted by molar-refractivity contribution is 5.68. The Kier molecular flexibility index (Phi) is 52.0. The number of nitrogens with one attached hydrogen (secondary N) is 9. The number of nitrogens with two attached hydrogens (primary N) is 3. The third kappa shape index (κ3) is 48.8. The summed E-state index contributed by atoms with van der Waals surface area (Å²) in [6.45, 7) is 23.2. The zero-order valence-corrected chi connectivity index (χ0v) is 41.9. The number of ether oxygens (including phenoxy) is 3. The van der Waals surface area contributed by atoms with Crippen molar-refractivity contribution in [2.45, 2.75) is 117 Å². The summed E-state index contributed by atoms with van der Waals surface area (Å²) in [7, 11) is 0. The van der Waals surface area contributed by atoms with Crippen LogP contribution in [0.3, 0.4) is 0 Å². The summed E-state index contributed by atoms with van der Waals surface area (Å²) in [6, 6.07) is 0. The van der Waals surface area contributed by atoms with Crippen molar-refractivity contribution >= 4 is 18.3 Å². The molecule has 0 saturated heterocycles. The summed E-state index contributed by atoms with van der Waals surface area (Å²) in [4.78, 5) is 35.9. The molecule has 0 aliphatic carbocycles. The van der Waals surface area contributed by atoms with Crippen molar-refractivity contribution in [3.05, 3.63) is 24.3 Å². The third-order valence-corrected chi connectivity index (χ3v) is 10.1. The predicted octanol–water partition coefficient (Wildman–Crippen LogP) is 2.40. The first-order valence-corrected chi connectivity index (χ1v) is 25.2. The van der Waals surface area contributed by atoms with Crippen molar-refractivity contribution in [3.8, 4) is 0 Å². The highest BCUT2D eigenvalue weighted by Crippen LogP contribution is 2.11. The number of hydrogen-bond acceptors (Lipinski definition) is 16. The number of unbranched alkanes of at least 4 members (excludes halogenated alkanes) is 3. The van der Waals surface area contributed by atoms with E-state index >= 15 is 0 Å². The molecule has 0 aromatic heterocycles. The van der Waals surface area contributed by atoms with Crippen LogP contribution in [0.25, 0.3) is 0 Å². The zero-order valence-electron chi connectivity index (χ0n) is 41.9. The van der Waals surface area contributed by atoms with Gasteiger partial charge in [0.05, 0.1) is 19.3 Å². The SMILES string of the molecule is C/C=C/[C@@H](O)[C@@H](C)COC(=O)NCCCNCCCCNCCCN.C/C=C/[C@@H](OC(=O)NCCCNCCCCNCCCN)[C@@H](C)COC(=O)NCCCNCCCCNCCCN. The summed E-state index contributed by atoms with van der Waals surface area (Å²) in [5.74, 6) is -0.297. The van der Waals surface area contributed by atoms with E-state index in [1.165, 1.54) is 0 Å². The highest BCUT2D eigenvalue weighted by Gasteiger charge is 2.20. The molecule has 0 aliphatic heterocycles. The molecule has 16 N–H and O–H groups in total. The minimum absolute atomic E-state index is 0.117. The number of rotatable bonds is 45. The van der Waals surface area contributed by atoms with Crippen LogP contribution in [0.15, 0.2) is 24.3 Å². The Labute approximate surface area is 400 Å². The number of aliphatic hydroxyl groups excluding tert-OH is 1. The van der Waals surface area contributed by atoms with Crippen molar-refractivity contribution in [3.63, 3.8) is 0 Å². The smallest absolute Gasteiger partial charge is 0.407 e. The first kappa shape index (κ1) is 65.0. The quantitative estimate of drug-likeness (QED) is 0.0237. The molecule has 0 aromatic carbocycles. The maximum Gasteiger partial charge on any atom is 0.407 e. The van der Waals surface area contributed by atoms with Crippen LogP contribution in [0.1, 0.15) is 105 Å². The van der Waals surface area contributed by atoms with E-state index in [1.54, 1.807) is 18.2 Å². The van der Waals surface area contributed by atoms with Gasteiger partial charge in [-0.15, -0.1) is 0 Å². The van der Waals surface area contributed by atoms with Gasteiger partial charge in [0.2, 0.25) is 0 Å². The van der Waals surface area contributed by atoms with Gasteiger partial charge in [-0.1, -0.05) is 32.1 Å². The maximum absolute atomic E-state index is 12.3. The molecule has 4 atom stereocenters. The van der Waals surface area contributed by atoms with E-state index in [-0.39, 0.29) is 25.0 Å². The van der Waals surface area contributed by atoms with Crippen LogP contribution in [0.2, 0.25) is 0 Å². The second kappa shape index (κ2) is 52.9. The van der Waals surface area contributed by atoms with Gasteiger partial charge in [-0.2, -0.15) is 0 Å². The number of carbonyl (C=O) groups excluding carboxylic acids is 3. The Balaban J connectivity index is 0. The lowest BCUT2D eigenvalue weighted by Gasteiger charge is -2.21. The molecule has 0 unspecified atom stereocenters. The molecular weight excluding hydrogens is 845 g/mol. The fourth-order valence-corrected chi connectivity index (χ4v) is 5.94. The molecule has 0 aromatic rings. The fraction of sp³-hybridized carbons (Fsp3) is 0.851. The minimum atomic E-state index is -0.585.